The number of halogens is 5. The van der Waals surface area contributed by atoms with Crippen molar-refractivity contribution in [2.24, 2.45) is 5.41 Å². The first-order valence-electron chi connectivity index (χ1n) is 15.1. The lowest BCUT2D eigenvalue weighted by atomic mass is 9.70. The third-order valence-electron chi connectivity index (χ3n) is 9.27. The summed E-state index contributed by atoms with van der Waals surface area (Å²) in [7, 11) is -2.34. The van der Waals surface area contributed by atoms with Crippen LogP contribution in [0.15, 0.2) is 24.4 Å². The Morgan fingerprint density at radius 1 is 1.09 bits per heavy atom. The molecule has 1 unspecified atom stereocenters. The van der Waals surface area contributed by atoms with Gasteiger partial charge in [0.2, 0.25) is 0 Å². The van der Waals surface area contributed by atoms with Crippen LogP contribution in [-0.2, 0) is 17.0 Å². The highest BCUT2D eigenvalue weighted by molar-refractivity contribution is 6.74. The van der Waals surface area contributed by atoms with Crippen LogP contribution in [0, 0.1) is 5.41 Å². The van der Waals surface area contributed by atoms with Crippen LogP contribution in [0.25, 0.3) is 5.57 Å². The van der Waals surface area contributed by atoms with E-state index in [9.17, 15) is 27.1 Å². The molecule has 1 N–H and O–H groups in total. The lowest BCUT2D eigenvalue weighted by molar-refractivity contribution is -0.137. The normalized spacial score (nSPS) is 21.4. The summed E-state index contributed by atoms with van der Waals surface area (Å²) in [4.78, 5) is 9.15. The van der Waals surface area contributed by atoms with Gasteiger partial charge in [0.05, 0.1) is 23.1 Å². The van der Waals surface area contributed by atoms with Gasteiger partial charge in [0, 0.05) is 35.9 Å². The second-order valence-electron chi connectivity index (χ2n) is 14.9. The fourth-order valence-electron chi connectivity index (χ4n) is 5.89. The predicted octanol–water partition coefficient (Wildman–Crippen LogP) is 9.94. The molecule has 2 atom stereocenters. The van der Waals surface area contributed by atoms with E-state index in [1.807, 2.05) is 13.8 Å². The number of nitrogens with zero attached hydrogens (tertiary/aromatic N) is 2. The largest absolute Gasteiger partial charge is 0.417 e. The number of aliphatic hydroxyl groups is 1. The maximum absolute atomic E-state index is 14.4. The predicted molar refractivity (Wildman–Crippen MR) is 162 cm³/mol. The van der Waals surface area contributed by atoms with Gasteiger partial charge in [-0.15, -0.1) is 0 Å². The Kier molecular flexibility index (Phi) is 8.88. The highest BCUT2D eigenvalue weighted by Crippen LogP contribution is 2.52. The monoisotopic (exact) mass is 624 g/mol. The average Bonchev–Trinajstić information content (AvgIpc) is 2.85. The van der Waals surface area contributed by atoms with Gasteiger partial charge in [-0.05, 0) is 72.0 Å². The summed E-state index contributed by atoms with van der Waals surface area (Å²) < 4.78 is 75.8. The molecule has 0 spiro atoms. The molecule has 2 heterocycles. The Labute approximate surface area is 253 Å². The first kappa shape index (κ1) is 33.7. The summed E-state index contributed by atoms with van der Waals surface area (Å²) in [5.74, 6) is -3.00. The molecule has 2 aliphatic carbocycles. The zero-order chi connectivity index (χ0) is 32.3. The van der Waals surface area contributed by atoms with E-state index < -0.39 is 44.6 Å². The number of hydrogen-bond acceptors (Lipinski definition) is 4. The van der Waals surface area contributed by atoms with Crippen LogP contribution >= 0.6 is 0 Å². The molecule has 4 rings (SSSR count). The molecular weight excluding hydrogens is 579 g/mol. The van der Waals surface area contributed by atoms with Crippen molar-refractivity contribution in [1.82, 2.24) is 9.97 Å². The van der Waals surface area contributed by atoms with E-state index in [1.54, 1.807) is 6.08 Å². The SMILES string of the molecule is CC(C)c1nc2c(c(C3=CCC(F)(F)CC3)c1[C@@H](O)c1ccc(C(F)(F)F)cn1)C(O[Si](C)(C)C(C)(C)C)CC(C)(C)C2. The van der Waals surface area contributed by atoms with E-state index in [1.165, 1.54) is 6.07 Å². The first-order chi connectivity index (χ1) is 19.5. The molecule has 0 radical (unpaired) electrons. The van der Waals surface area contributed by atoms with Crippen LogP contribution in [0.1, 0.15) is 132 Å². The van der Waals surface area contributed by atoms with Crippen molar-refractivity contribution in [3.8, 4) is 0 Å². The minimum absolute atomic E-state index is 0.0395. The molecule has 0 saturated carbocycles. The van der Waals surface area contributed by atoms with E-state index in [0.717, 1.165) is 17.3 Å². The number of fused-ring (bicyclic) bond motifs is 1. The highest BCUT2D eigenvalue weighted by atomic mass is 28.4. The Morgan fingerprint density at radius 2 is 1.74 bits per heavy atom. The summed E-state index contributed by atoms with van der Waals surface area (Å²) in [6.07, 6.45) is -3.45. The molecule has 0 aliphatic heterocycles. The molecule has 0 fully saturated rings. The van der Waals surface area contributed by atoms with E-state index in [-0.39, 0.29) is 34.9 Å². The zero-order valence-corrected chi connectivity index (χ0v) is 27.7. The number of pyridine rings is 2. The molecular formula is C33H45F5N2O2Si. The molecule has 4 nitrogen and oxygen atoms in total. The molecule has 238 valence electrons. The summed E-state index contributed by atoms with van der Waals surface area (Å²) in [5, 5.41) is 11.8. The molecule has 0 saturated heterocycles. The van der Waals surface area contributed by atoms with Gasteiger partial charge in [-0.3, -0.25) is 9.97 Å². The topological polar surface area (TPSA) is 55.2 Å². The van der Waals surface area contributed by atoms with Gasteiger partial charge in [0.1, 0.15) is 6.10 Å². The fourth-order valence-corrected chi connectivity index (χ4v) is 7.16. The maximum Gasteiger partial charge on any atom is 0.417 e. The van der Waals surface area contributed by atoms with Crippen molar-refractivity contribution in [2.75, 3.05) is 0 Å². The summed E-state index contributed by atoms with van der Waals surface area (Å²) >= 11 is 0. The third-order valence-corrected chi connectivity index (χ3v) is 13.8. The van der Waals surface area contributed by atoms with E-state index in [4.69, 9.17) is 9.41 Å². The number of allylic oxidation sites excluding steroid dienone is 2. The molecule has 2 aliphatic rings. The van der Waals surface area contributed by atoms with Crippen LogP contribution in [0.4, 0.5) is 22.0 Å². The zero-order valence-electron chi connectivity index (χ0n) is 26.7. The van der Waals surface area contributed by atoms with Gasteiger partial charge < -0.3 is 9.53 Å². The number of aliphatic hydroxyl groups excluding tert-OH is 1. The molecule has 2 aromatic heterocycles. The van der Waals surface area contributed by atoms with E-state index in [2.05, 4.69) is 52.7 Å². The Hall–Kier alpha value is -2.17. The minimum atomic E-state index is -4.57. The molecule has 2 aromatic rings. The van der Waals surface area contributed by atoms with Crippen molar-refractivity contribution in [1.29, 1.82) is 0 Å². The standard InChI is InChI=1S/C33H45F5N2O2Si/c1-19(2)28-27(29(41)22-11-10-21(18-39-22)33(36,37)38)25(20-12-14-32(34,35)15-13-20)26-23(40-28)16-31(6,7)17-24(26)42-43(8,9)30(3,4)5/h10-12,18-19,24,29,41H,13-17H2,1-9H3/t24?,29-/m0/s1. The van der Waals surface area contributed by atoms with Gasteiger partial charge in [-0.1, -0.05) is 54.5 Å². The van der Waals surface area contributed by atoms with Crippen LogP contribution in [0.3, 0.4) is 0 Å². The molecule has 0 aromatic carbocycles. The molecule has 10 heteroatoms. The Morgan fingerprint density at radius 3 is 2.23 bits per heavy atom. The summed E-state index contributed by atoms with van der Waals surface area (Å²) in [5.41, 5.74) is 2.96. The second kappa shape index (κ2) is 11.3. The maximum atomic E-state index is 14.4. The highest BCUT2D eigenvalue weighted by Gasteiger charge is 2.46. The average molecular weight is 625 g/mol. The molecule has 0 amide bonds. The number of aromatic nitrogens is 2. The van der Waals surface area contributed by atoms with E-state index >= 15 is 0 Å². The lowest BCUT2D eigenvalue weighted by Gasteiger charge is -2.45. The van der Waals surface area contributed by atoms with Crippen molar-refractivity contribution in [3.05, 3.63) is 63.7 Å². The number of alkyl halides is 5. The molecule has 43 heavy (non-hydrogen) atoms. The van der Waals surface area contributed by atoms with Crippen LogP contribution in [0.5, 0.6) is 0 Å². The molecule has 0 bridgehead atoms. The van der Waals surface area contributed by atoms with Gasteiger partial charge in [0.15, 0.2) is 8.32 Å². The third kappa shape index (κ3) is 7.06. The van der Waals surface area contributed by atoms with Crippen molar-refractivity contribution >= 4 is 13.9 Å². The Bertz CT molecular complexity index is 1380. The van der Waals surface area contributed by atoms with Gasteiger partial charge in [-0.2, -0.15) is 13.2 Å². The fraction of sp³-hybridized carbons (Fsp3) is 0.636. The van der Waals surface area contributed by atoms with Crippen molar-refractivity contribution < 1.29 is 31.5 Å². The summed E-state index contributed by atoms with van der Waals surface area (Å²) in [6.45, 7) is 19.0. The van der Waals surface area contributed by atoms with Crippen LogP contribution < -0.4 is 0 Å². The number of rotatable bonds is 6. The van der Waals surface area contributed by atoms with Gasteiger partial charge >= 0.3 is 6.18 Å². The van der Waals surface area contributed by atoms with E-state index in [0.29, 0.717) is 41.4 Å². The Balaban J connectivity index is 2.03. The quantitative estimate of drug-likeness (QED) is 0.257. The van der Waals surface area contributed by atoms with Crippen LogP contribution in [-0.4, -0.2) is 29.3 Å². The minimum Gasteiger partial charge on any atom is -0.410 e. The smallest absolute Gasteiger partial charge is 0.410 e. The first-order valence-corrected chi connectivity index (χ1v) is 18.0. The summed E-state index contributed by atoms with van der Waals surface area (Å²) in [6, 6.07) is 2.08. The lowest BCUT2D eigenvalue weighted by Crippen LogP contribution is -2.44. The van der Waals surface area contributed by atoms with Crippen LogP contribution in [0.2, 0.25) is 18.1 Å². The van der Waals surface area contributed by atoms with Gasteiger partial charge in [0.25, 0.3) is 5.92 Å². The van der Waals surface area contributed by atoms with Crippen molar-refractivity contribution in [3.63, 3.8) is 0 Å². The van der Waals surface area contributed by atoms with Gasteiger partial charge in [-0.25, -0.2) is 8.78 Å². The second-order valence-corrected chi connectivity index (χ2v) is 19.6. The number of hydrogen-bond donors (Lipinski definition) is 1. The van der Waals surface area contributed by atoms with Crippen molar-refractivity contribution in [2.45, 2.75) is 129 Å².